The SMILES string of the molecule is CCC(CN1CC[C@@H](CNCc2ccc(Cl)c(Cl)c2)N[C@@H](CCN2CCCCC2)C1=O)c1ccccc1. The second-order valence-corrected chi connectivity index (χ2v) is 11.4. The van der Waals surface area contributed by atoms with Crippen molar-refractivity contribution in [3.63, 3.8) is 0 Å². The number of likely N-dealkylation sites (tertiary alicyclic amines) is 1. The van der Waals surface area contributed by atoms with Crippen LogP contribution in [-0.2, 0) is 11.3 Å². The first-order chi connectivity index (χ1) is 18.0. The Morgan fingerprint density at radius 3 is 2.54 bits per heavy atom. The third-order valence-electron chi connectivity index (χ3n) is 7.89. The molecule has 5 nitrogen and oxygen atoms in total. The fourth-order valence-corrected chi connectivity index (χ4v) is 5.95. The molecule has 3 atom stereocenters. The molecule has 7 heteroatoms. The molecule has 2 aliphatic rings. The number of carbonyl (C=O) groups excluding carboxylic acids is 1. The summed E-state index contributed by atoms with van der Waals surface area (Å²) >= 11 is 12.3. The van der Waals surface area contributed by atoms with Crippen LogP contribution in [0.1, 0.15) is 62.5 Å². The van der Waals surface area contributed by atoms with Gasteiger partial charge in [0.1, 0.15) is 0 Å². The molecule has 2 aliphatic heterocycles. The smallest absolute Gasteiger partial charge is 0.239 e. The topological polar surface area (TPSA) is 47.6 Å². The lowest BCUT2D eigenvalue weighted by Crippen LogP contribution is -2.50. The summed E-state index contributed by atoms with van der Waals surface area (Å²) in [5.74, 6) is 0.621. The highest BCUT2D eigenvalue weighted by Crippen LogP contribution is 2.24. The zero-order valence-corrected chi connectivity index (χ0v) is 23.6. The Hall–Kier alpha value is -1.63. The summed E-state index contributed by atoms with van der Waals surface area (Å²) in [6.45, 7) is 8.61. The van der Waals surface area contributed by atoms with Gasteiger partial charge in [-0.1, -0.05) is 72.9 Å². The molecule has 1 unspecified atom stereocenters. The Morgan fingerprint density at radius 2 is 1.81 bits per heavy atom. The Morgan fingerprint density at radius 1 is 1.03 bits per heavy atom. The molecule has 2 N–H and O–H groups in total. The van der Waals surface area contributed by atoms with E-state index in [1.54, 1.807) is 0 Å². The molecule has 4 rings (SSSR count). The lowest BCUT2D eigenvalue weighted by Gasteiger charge is -2.31. The number of carbonyl (C=O) groups is 1. The fourth-order valence-electron chi connectivity index (χ4n) is 5.63. The minimum absolute atomic E-state index is 0.144. The minimum atomic E-state index is -0.144. The van der Waals surface area contributed by atoms with E-state index in [4.69, 9.17) is 23.2 Å². The maximum absolute atomic E-state index is 13.8. The van der Waals surface area contributed by atoms with Crippen molar-refractivity contribution < 1.29 is 4.79 Å². The number of rotatable bonds is 11. The van der Waals surface area contributed by atoms with Crippen LogP contribution >= 0.6 is 23.2 Å². The highest BCUT2D eigenvalue weighted by Gasteiger charge is 2.32. The van der Waals surface area contributed by atoms with Crippen LogP contribution in [0.15, 0.2) is 48.5 Å². The Labute approximate surface area is 232 Å². The van der Waals surface area contributed by atoms with Gasteiger partial charge in [0, 0.05) is 44.7 Å². The monoisotopic (exact) mass is 544 g/mol. The molecular weight excluding hydrogens is 503 g/mol. The van der Waals surface area contributed by atoms with Gasteiger partial charge in [-0.2, -0.15) is 0 Å². The molecule has 0 aromatic heterocycles. The van der Waals surface area contributed by atoms with Crippen molar-refractivity contribution in [1.29, 1.82) is 0 Å². The molecule has 0 spiro atoms. The quantitative estimate of drug-likeness (QED) is 0.380. The van der Waals surface area contributed by atoms with Gasteiger partial charge < -0.3 is 20.4 Å². The number of hydrogen-bond donors (Lipinski definition) is 2. The average molecular weight is 546 g/mol. The number of hydrogen-bond acceptors (Lipinski definition) is 4. The van der Waals surface area contributed by atoms with Gasteiger partial charge in [-0.3, -0.25) is 4.79 Å². The van der Waals surface area contributed by atoms with E-state index in [1.807, 2.05) is 18.2 Å². The van der Waals surface area contributed by atoms with E-state index in [-0.39, 0.29) is 18.0 Å². The predicted octanol–water partition coefficient (Wildman–Crippen LogP) is 5.71. The van der Waals surface area contributed by atoms with E-state index >= 15 is 0 Å². The summed E-state index contributed by atoms with van der Waals surface area (Å²) < 4.78 is 0. The maximum Gasteiger partial charge on any atom is 0.239 e. The lowest BCUT2D eigenvalue weighted by atomic mass is 9.95. The van der Waals surface area contributed by atoms with Crippen LogP contribution in [0.5, 0.6) is 0 Å². The van der Waals surface area contributed by atoms with Gasteiger partial charge in [-0.25, -0.2) is 0 Å². The summed E-state index contributed by atoms with van der Waals surface area (Å²) in [5.41, 5.74) is 2.43. The summed E-state index contributed by atoms with van der Waals surface area (Å²) in [6.07, 6.45) is 6.69. The predicted molar refractivity (Wildman–Crippen MR) is 154 cm³/mol. The van der Waals surface area contributed by atoms with Crippen molar-refractivity contribution >= 4 is 29.1 Å². The molecule has 2 aromatic carbocycles. The lowest BCUT2D eigenvalue weighted by molar-refractivity contribution is -0.133. The van der Waals surface area contributed by atoms with Gasteiger partial charge in [-0.05, 0) is 68.5 Å². The number of piperidine rings is 1. The molecule has 0 radical (unpaired) electrons. The van der Waals surface area contributed by atoms with Crippen LogP contribution in [0.25, 0.3) is 0 Å². The Balaban J connectivity index is 1.40. The molecule has 0 bridgehead atoms. The van der Waals surface area contributed by atoms with Crippen LogP contribution in [0.2, 0.25) is 10.0 Å². The first-order valence-electron chi connectivity index (χ1n) is 14.0. The molecule has 0 aliphatic carbocycles. The van der Waals surface area contributed by atoms with Crippen LogP contribution in [-0.4, -0.2) is 67.1 Å². The minimum Gasteiger partial charge on any atom is -0.341 e. The molecule has 37 heavy (non-hydrogen) atoms. The summed E-state index contributed by atoms with van der Waals surface area (Å²) in [7, 11) is 0. The molecule has 202 valence electrons. The van der Waals surface area contributed by atoms with E-state index in [1.165, 1.54) is 24.8 Å². The second-order valence-electron chi connectivity index (χ2n) is 10.6. The second kappa shape index (κ2) is 14.5. The molecule has 2 aromatic rings. The van der Waals surface area contributed by atoms with Gasteiger partial charge in [-0.15, -0.1) is 0 Å². The number of halogens is 2. The molecule has 2 heterocycles. The molecular formula is C30H42Cl2N4O. The van der Waals surface area contributed by atoms with Crippen molar-refractivity contribution in [2.45, 2.75) is 70.0 Å². The third-order valence-corrected chi connectivity index (χ3v) is 8.62. The third kappa shape index (κ3) is 8.43. The van der Waals surface area contributed by atoms with Gasteiger partial charge in [0.15, 0.2) is 0 Å². The van der Waals surface area contributed by atoms with Gasteiger partial charge in [0.2, 0.25) is 5.91 Å². The van der Waals surface area contributed by atoms with Crippen molar-refractivity contribution in [3.8, 4) is 0 Å². The summed E-state index contributed by atoms with van der Waals surface area (Å²) in [6, 6.07) is 16.5. The fraction of sp³-hybridized carbons (Fsp3) is 0.567. The Bertz CT molecular complexity index is 983. The largest absolute Gasteiger partial charge is 0.341 e. The number of amides is 1. The van der Waals surface area contributed by atoms with Crippen molar-refractivity contribution in [1.82, 2.24) is 20.4 Å². The van der Waals surface area contributed by atoms with Crippen molar-refractivity contribution in [2.75, 3.05) is 39.3 Å². The van der Waals surface area contributed by atoms with Crippen LogP contribution in [0.4, 0.5) is 0 Å². The maximum atomic E-state index is 13.8. The molecule has 0 saturated carbocycles. The van der Waals surface area contributed by atoms with Crippen LogP contribution in [0, 0.1) is 0 Å². The van der Waals surface area contributed by atoms with E-state index in [9.17, 15) is 4.79 Å². The first kappa shape index (κ1) is 28.4. The van der Waals surface area contributed by atoms with E-state index in [2.05, 4.69) is 57.7 Å². The zero-order chi connectivity index (χ0) is 26.0. The molecule has 2 saturated heterocycles. The summed E-state index contributed by atoms with van der Waals surface area (Å²) in [5, 5.41) is 8.48. The number of nitrogens with one attached hydrogen (secondary N) is 2. The van der Waals surface area contributed by atoms with Gasteiger partial charge in [0.25, 0.3) is 0 Å². The van der Waals surface area contributed by atoms with Gasteiger partial charge in [0.05, 0.1) is 16.1 Å². The standard InChI is InChI=1S/C30H42Cl2N4O/c1-2-24(25-9-5-3-6-10-25)22-36-18-13-26(21-33-20-23-11-12-27(31)28(32)19-23)34-29(30(36)37)14-17-35-15-7-4-8-16-35/h3,5-6,9-12,19,24,26,29,33-34H,2,4,7-8,13-18,20-22H2,1H3/t24?,26-,29-/m0/s1. The Kier molecular flexibility index (Phi) is 11.1. The highest BCUT2D eigenvalue weighted by atomic mass is 35.5. The molecule has 1 amide bonds. The van der Waals surface area contributed by atoms with E-state index in [0.717, 1.165) is 70.6 Å². The van der Waals surface area contributed by atoms with Crippen LogP contribution < -0.4 is 10.6 Å². The highest BCUT2D eigenvalue weighted by molar-refractivity contribution is 6.42. The average Bonchev–Trinajstić information content (AvgIpc) is 3.07. The van der Waals surface area contributed by atoms with E-state index in [0.29, 0.717) is 16.0 Å². The van der Waals surface area contributed by atoms with Crippen molar-refractivity contribution in [3.05, 3.63) is 69.7 Å². The molecule has 2 fully saturated rings. The number of benzene rings is 2. The van der Waals surface area contributed by atoms with E-state index < -0.39 is 0 Å². The summed E-state index contributed by atoms with van der Waals surface area (Å²) in [4.78, 5) is 18.5. The zero-order valence-electron chi connectivity index (χ0n) is 22.1. The first-order valence-corrected chi connectivity index (χ1v) is 14.8. The van der Waals surface area contributed by atoms with Crippen LogP contribution in [0.3, 0.4) is 0 Å². The number of nitrogens with zero attached hydrogens (tertiary/aromatic N) is 2. The normalized spacial score (nSPS) is 22.1. The van der Waals surface area contributed by atoms with Gasteiger partial charge >= 0.3 is 0 Å². The van der Waals surface area contributed by atoms with Crippen molar-refractivity contribution in [2.24, 2.45) is 0 Å².